The molecule has 2 rings (SSSR count). The number of hydrogen-bond donors (Lipinski definition) is 2. The molecule has 0 aliphatic carbocycles. The van der Waals surface area contributed by atoms with Crippen molar-refractivity contribution in [3.63, 3.8) is 0 Å². The fraction of sp³-hybridized carbons (Fsp3) is 0.357. The van der Waals surface area contributed by atoms with Crippen LogP contribution in [0.25, 0.3) is 0 Å². The number of anilines is 1. The maximum Gasteiger partial charge on any atom is 0.325 e. The molecule has 106 valence electrons. The number of carbonyl (C=O) groups excluding carboxylic acids is 3. The highest BCUT2D eigenvalue weighted by Crippen LogP contribution is 2.20. The Balaban J connectivity index is 2.03. The van der Waals surface area contributed by atoms with Gasteiger partial charge in [0.15, 0.2) is 0 Å². The summed E-state index contributed by atoms with van der Waals surface area (Å²) in [7, 11) is 0. The Morgan fingerprint density at radius 2 is 1.85 bits per heavy atom. The van der Waals surface area contributed by atoms with Crippen LogP contribution in [0.4, 0.5) is 10.5 Å². The quantitative estimate of drug-likeness (QED) is 0.815. The predicted octanol–water partition coefficient (Wildman–Crippen LogP) is 1.26. The van der Waals surface area contributed by atoms with Crippen LogP contribution in [0.15, 0.2) is 24.3 Å². The molecule has 6 nitrogen and oxygen atoms in total. The minimum Gasteiger partial charge on any atom is -0.325 e. The molecule has 6 heteroatoms. The first-order valence-electron chi connectivity index (χ1n) is 6.30. The molecule has 1 aromatic rings. The minimum absolute atomic E-state index is 0.168. The Morgan fingerprint density at radius 1 is 1.25 bits per heavy atom. The van der Waals surface area contributed by atoms with Gasteiger partial charge in [-0.3, -0.25) is 14.9 Å². The molecular formula is C14H17N3O3. The molecule has 0 bridgehead atoms. The van der Waals surface area contributed by atoms with Crippen molar-refractivity contribution >= 4 is 23.5 Å². The van der Waals surface area contributed by atoms with Gasteiger partial charge in [-0.05, 0) is 32.9 Å². The van der Waals surface area contributed by atoms with Crippen molar-refractivity contribution in [2.45, 2.75) is 26.3 Å². The third kappa shape index (κ3) is 2.64. The molecule has 0 spiro atoms. The van der Waals surface area contributed by atoms with Crippen LogP contribution in [0.3, 0.4) is 0 Å². The molecule has 0 aromatic heterocycles. The molecule has 0 saturated carbocycles. The monoisotopic (exact) mass is 275 g/mol. The Kier molecular flexibility index (Phi) is 3.48. The summed E-state index contributed by atoms with van der Waals surface area (Å²) >= 11 is 0. The van der Waals surface area contributed by atoms with E-state index in [1.165, 1.54) is 4.90 Å². The Bertz CT molecular complexity index is 564. The average molecular weight is 275 g/mol. The summed E-state index contributed by atoms with van der Waals surface area (Å²) in [5, 5.41) is 4.90. The average Bonchev–Trinajstić information content (AvgIpc) is 2.55. The molecule has 1 aliphatic rings. The second-order valence-electron chi connectivity index (χ2n) is 5.32. The number of carbonyl (C=O) groups is 3. The molecular weight excluding hydrogens is 258 g/mol. The Labute approximate surface area is 117 Å². The number of benzene rings is 1. The van der Waals surface area contributed by atoms with E-state index >= 15 is 0 Å². The Morgan fingerprint density at radius 3 is 2.35 bits per heavy atom. The number of hydrogen-bond acceptors (Lipinski definition) is 3. The third-order valence-electron chi connectivity index (χ3n) is 3.33. The van der Waals surface area contributed by atoms with Crippen molar-refractivity contribution in [2.75, 3.05) is 11.9 Å². The highest BCUT2D eigenvalue weighted by molar-refractivity contribution is 6.08. The number of amides is 4. The SMILES string of the molecule is Cc1ccc(NC(=O)CN2C(=O)NC(=O)C2(C)C)cc1. The van der Waals surface area contributed by atoms with E-state index in [1.54, 1.807) is 26.0 Å². The largest absolute Gasteiger partial charge is 0.325 e. The normalized spacial score (nSPS) is 17.1. The summed E-state index contributed by atoms with van der Waals surface area (Å²) in [5.74, 6) is -0.739. The van der Waals surface area contributed by atoms with Crippen molar-refractivity contribution in [3.05, 3.63) is 29.8 Å². The van der Waals surface area contributed by atoms with Gasteiger partial charge in [0.25, 0.3) is 5.91 Å². The van der Waals surface area contributed by atoms with Crippen molar-refractivity contribution in [3.8, 4) is 0 Å². The van der Waals surface area contributed by atoms with Gasteiger partial charge < -0.3 is 10.2 Å². The first-order chi connectivity index (χ1) is 9.30. The summed E-state index contributed by atoms with van der Waals surface area (Å²) in [6.45, 7) is 4.99. The van der Waals surface area contributed by atoms with Crippen LogP contribution in [0.5, 0.6) is 0 Å². The van der Waals surface area contributed by atoms with Crippen LogP contribution in [-0.2, 0) is 9.59 Å². The summed E-state index contributed by atoms with van der Waals surface area (Å²) in [4.78, 5) is 36.4. The van der Waals surface area contributed by atoms with Crippen LogP contribution >= 0.6 is 0 Å². The summed E-state index contributed by atoms with van der Waals surface area (Å²) in [6.07, 6.45) is 0. The van der Waals surface area contributed by atoms with Gasteiger partial charge in [-0.1, -0.05) is 17.7 Å². The van der Waals surface area contributed by atoms with E-state index in [0.29, 0.717) is 5.69 Å². The lowest BCUT2D eigenvalue weighted by Crippen LogP contribution is -2.47. The van der Waals surface area contributed by atoms with E-state index in [0.717, 1.165) is 5.56 Å². The van der Waals surface area contributed by atoms with Crippen LogP contribution in [-0.4, -0.2) is 34.8 Å². The molecule has 0 unspecified atom stereocenters. The molecule has 1 fully saturated rings. The lowest BCUT2D eigenvalue weighted by atomic mass is 10.0. The molecule has 1 saturated heterocycles. The highest BCUT2D eigenvalue weighted by atomic mass is 16.2. The van der Waals surface area contributed by atoms with E-state index in [2.05, 4.69) is 10.6 Å². The number of imide groups is 1. The fourth-order valence-electron chi connectivity index (χ4n) is 1.94. The van der Waals surface area contributed by atoms with E-state index in [-0.39, 0.29) is 12.5 Å². The standard InChI is InChI=1S/C14H17N3O3/c1-9-4-6-10(7-5-9)15-11(18)8-17-13(20)16-12(19)14(17,2)3/h4-7H,8H2,1-3H3,(H,15,18)(H,16,19,20). The zero-order valence-corrected chi connectivity index (χ0v) is 11.7. The van der Waals surface area contributed by atoms with Gasteiger partial charge in [-0.25, -0.2) is 4.79 Å². The van der Waals surface area contributed by atoms with Crippen molar-refractivity contribution in [2.24, 2.45) is 0 Å². The molecule has 0 radical (unpaired) electrons. The smallest absolute Gasteiger partial charge is 0.325 e. The topological polar surface area (TPSA) is 78.5 Å². The van der Waals surface area contributed by atoms with Crippen molar-refractivity contribution < 1.29 is 14.4 Å². The third-order valence-corrected chi connectivity index (χ3v) is 3.33. The van der Waals surface area contributed by atoms with Gasteiger partial charge in [0, 0.05) is 5.69 Å². The van der Waals surface area contributed by atoms with E-state index in [4.69, 9.17) is 0 Å². The lowest BCUT2D eigenvalue weighted by Gasteiger charge is -2.27. The van der Waals surface area contributed by atoms with Gasteiger partial charge in [0.2, 0.25) is 5.91 Å². The first kappa shape index (κ1) is 14.0. The second-order valence-corrected chi connectivity index (χ2v) is 5.32. The van der Waals surface area contributed by atoms with Gasteiger partial charge in [-0.15, -0.1) is 0 Å². The van der Waals surface area contributed by atoms with Gasteiger partial charge in [0.1, 0.15) is 12.1 Å². The summed E-state index contributed by atoms with van der Waals surface area (Å²) < 4.78 is 0. The fourth-order valence-corrected chi connectivity index (χ4v) is 1.94. The van der Waals surface area contributed by atoms with Gasteiger partial charge >= 0.3 is 6.03 Å². The van der Waals surface area contributed by atoms with Crippen LogP contribution in [0.2, 0.25) is 0 Å². The number of aryl methyl sites for hydroxylation is 1. The number of nitrogens with one attached hydrogen (secondary N) is 2. The lowest BCUT2D eigenvalue weighted by molar-refractivity contribution is -0.126. The maximum absolute atomic E-state index is 11.9. The molecule has 1 aromatic carbocycles. The zero-order valence-electron chi connectivity index (χ0n) is 11.7. The van der Waals surface area contributed by atoms with Gasteiger partial charge in [0.05, 0.1) is 0 Å². The second kappa shape index (κ2) is 4.96. The minimum atomic E-state index is -1.01. The molecule has 2 N–H and O–H groups in total. The van der Waals surface area contributed by atoms with Crippen LogP contribution in [0.1, 0.15) is 19.4 Å². The molecule has 4 amide bonds. The predicted molar refractivity (Wildman–Crippen MR) is 74.1 cm³/mol. The van der Waals surface area contributed by atoms with Crippen molar-refractivity contribution in [1.82, 2.24) is 10.2 Å². The highest BCUT2D eigenvalue weighted by Gasteiger charge is 2.46. The van der Waals surface area contributed by atoms with Crippen LogP contribution in [0, 0.1) is 6.92 Å². The molecule has 1 heterocycles. The first-order valence-corrected chi connectivity index (χ1v) is 6.30. The van der Waals surface area contributed by atoms with E-state index in [9.17, 15) is 14.4 Å². The number of nitrogens with zero attached hydrogens (tertiary/aromatic N) is 1. The zero-order chi connectivity index (χ0) is 14.9. The molecule has 20 heavy (non-hydrogen) atoms. The molecule has 0 atom stereocenters. The number of urea groups is 1. The van der Waals surface area contributed by atoms with Gasteiger partial charge in [-0.2, -0.15) is 0 Å². The number of rotatable bonds is 3. The summed E-state index contributed by atoms with van der Waals surface area (Å²) in [5.41, 5.74) is 0.736. The maximum atomic E-state index is 11.9. The van der Waals surface area contributed by atoms with E-state index in [1.807, 2.05) is 19.1 Å². The Hall–Kier alpha value is -2.37. The molecule has 1 aliphatic heterocycles. The van der Waals surface area contributed by atoms with E-state index < -0.39 is 17.5 Å². The van der Waals surface area contributed by atoms with Crippen LogP contribution < -0.4 is 10.6 Å². The summed E-state index contributed by atoms with van der Waals surface area (Å²) in [6, 6.07) is 6.79. The van der Waals surface area contributed by atoms with Crippen molar-refractivity contribution in [1.29, 1.82) is 0 Å².